The second-order valence-electron chi connectivity index (χ2n) is 6.52. The second kappa shape index (κ2) is 10.6. The van der Waals surface area contributed by atoms with Crippen molar-refractivity contribution in [2.45, 2.75) is 57.2 Å². The van der Waals surface area contributed by atoms with Crippen molar-refractivity contribution in [3.63, 3.8) is 0 Å². The SMILES string of the molecule is CCNC(=NCCc1cccc(F)c1F)NC1CCCC(S(=O)CC)C1. The molecule has 7 heteroatoms. The van der Waals surface area contributed by atoms with Gasteiger partial charge in [0.15, 0.2) is 17.6 Å². The van der Waals surface area contributed by atoms with E-state index in [1.165, 1.54) is 6.07 Å². The van der Waals surface area contributed by atoms with Gasteiger partial charge >= 0.3 is 0 Å². The van der Waals surface area contributed by atoms with Gasteiger partial charge in [-0.25, -0.2) is 8.78 Å². The molecule has 1 aromatic carbocycles. The molecule has 1 fully saturated rings. The molecule has 2 N–H and O–H groups in total. The molecule has 0 aliphatic heterocycles. The van der Waals surface area contributed by atoms with Crippen LogP contribution in [0.15, 0.2) is 23.2 Å². The fourth-order valence-electron chi connectivity index (χ4n) is 3.29. The van der Waals surface area contributed by atoms with Gasteiger partial charge in [-0.05, 0) is 44.2 Å². The highest BCUT2D eigenvalue weighted by Gasteiger charge is 2.26. The number of rotatable bonds is 7. The number of guanidine groups is 1. The van der Waals surface area contributed by atoms with Gasteiger partial charge in [-0.3, -0.25) is 9.20 Å². The minimum absolute atomic E-state index is 0.243. The van der Waals surface area contributed by atoms with E-state index in [0.717, 1.165) is 38.3 Å². The quantitative estimate of drug-likeness (QED) is 0.560. The number of hydrogen-bond acceptors (Lipinski definition) is 2. The van der Waals surface area contributed by atoms with Crippen molar-refractivity contribution < 1.29 is 13.0 Å². The van der Waals surface area contributed by atoms with E-state index in [1.54, 1.807) is 6.07 Å². The Balaban J connectivity index is 1.93. The Morgan fingerprint density at radius 3 is 2.85 bits per heavy atom. The molecule has 26 heavy (non-hydrogen) atoms. The molecule has 3 atom stereocenters. The van der Waals surface area contributed by atoms with Gasteiger partial charge in [-0.15, -0.1) is 0 Å². The average molecular weight is 386 g/mol. The van der Waals surface area contributed by atoms with Gasteiger partial charge < -0.3 is 10.6 Å². The first kappa shape index (κ1) is 20.8. The lowest BCUT2D eigenvalue weighted by molar-refractivity contribution is 0.413. The third kappa shape index (κ3) is 6.04. The van der Waals surface area contributed by atoms with E-state index in [1.807, 2.05) is 13.8 Å². The molecule has 1 aliphatic rings. The van der Waals surface area contributed by atoms with Crippen LogP contribution in [0.1, 0.15) is 45.1 Å². The molecule has 1 aliphatic carbocycles. The zero-order valence-corrected chi connectivity index (χ0v) is 16.4. The van der Waals surface area contributed by atoms with Crippen molar-refractivity contribution in [1.29, 1.82) is 0 Å². The molecule has 0 spiro atoms. The summed E-state index contributed by atoms with van der Waals surface area (Å²) < 4.78 is 39.1. The number of halogens is 2. The van der Waals surface area contributed by atoms with Crippen LogP contribution in [0, 0.1) is 11.6 Å². The Hall–Kier alpha value is -1.50. The van der Waals surface area contributed by atoms with Crippen molar-refractivity contribution in [1.82, 2.24) is 10.6 Å². The highest BCUT2D eigenvalue weighted by molar-refractivity contribution is 7.85. The summed E-state index contributed by atoms with van der Waals surface area (Å²) in [6.07, 6.45) is 4.32. The summed E-state index contributed by atoms with van der Waals surface area (Å²) in [5.41, 5.74) is 0.334. The van der Waals surface area contributed by atoms with Crippen LogP contribution in [0.5, 0.6) is 0 Å². The van der Waals surface area contributed by atoms with Crippen molar-refractivity contribution in [3.8, 4) is 0 Å². The van der Waals surface area contributed by atoms with Crippen molar-refractivity contribution in [2.75, 3.05) is 18.8 Å². The number of benzene rings is 1. The standard InChI is InChI=1S/C19H29F2N3OS/c1-3-22-19(23-12-11-14-7-5-10-17(20)18(14)21)24-15-8-6-9-16(13-15)26(25)4-2/h5,7,10,15-16H,3-4,6,8-9,11-13H2,1-2H3,(H2,22,23,24). The van der Waals surface area contributed by atoms with Gasteiger partial charge in [0.2, 0.25) is 0 Å². The summed E-state index contributed by atoms with van der Waals surface area (Å²) in [7, 11) is -0.765. The number of hydrogen-bond donors (Lipinski definition) is 2. The molecule has 0 saturated heterocycles. The zero-order chi connectivity index (χ0) is 18.9. The number of nitrogens with zero attached hydrogens (tertiary/aromatic N) is 1. The minimum atomic E-state index is -0.825. The smallest absolute Gasteiger partial charge is 0.191 e. The fourth-order valence-corrected chi connectivity index (χ4v) is 4.64. The second-order valence-corrected chi connectivity index (χ2v) is 8.53. The minimum Gasteiger partial charge on any atom is -0.357 e. The van der Waals surface area contributed by atoms with Crippen LogP contribution in [-0.2, 0) is 17.2 Å². The Labute approximate surface area is 157 Å². The molecule has 1 aromatic rings. The number of aliphatic imine (C=N–C) groups is 1. The van der Waals surface area contributed by atoms with Gasteiger partial charge in [-0.1, -0.05) is 25.5 Å². The topological polar surface area (TPSA) is 53.5 Å². The van der Waals surface area contributed by atoms with Crippen LogP contribution in [0.2, 0.25) is 0 Å². The van der Waals surface area contributed by atoms with Crippen LogP contribution in [0.25, 0.3) is 0 Å². The maximum Gasteiger partial charge on any atom is 0.191 e. The predicted molar refractivity (Wildman–Crippen MR) is 104 cm³/mol. The molecular weight excluding hydrogens is 356 g/mol. The zero-order valence-electron chi connectivity index (χ0n) is 15.6. The predicted octanol–water partition coefficient (Wildman–Crippen LogP) is 3.14. The van der Waals surface area contributed by atoms with Crippen LogP contribution < -0.4 is 10.6 Å². The van der Waals surface area contributed by atoms with Crippen LogP contribution in [-0.4, -0.2) is 40.3 Å². The van der Waals surface area contributed by atoms with Gasteiger partial charge in [0.05, 0.1) is 0 Å². The Kier molecular flexibility index (Phi) is 8.48. The largest absolute Gasteiger partial charge is 0.357 e. The molecule has 0 bridgehead atoms. The molecular formula is C19H29F2N3OS. The fraction of sp³-hybridized carbons (Fsp3) is 0.632. The lowest BCUT2D eigenvalue weighted by Crippen LogP contribution is -2.46. The molecule has 4 nitrogen and oxygen atoms in total. The van der Waals surface area contributed by atoms with E-state index in [9.17, 15) is 13.0 Å². The van der Waals surface area contributed by atoms with E-state index in [2.05, 4.69) is 15.6 Å². The summed E-state index contributed by atoms with van der Waals surface area (Å²) in [5, 5.41) is 6.86. The number of nitrogens with one attached hydrogen (secondary N) is 2. The van der Waals surface area contributed by atoms with Gasteiger partial charge in [-0.2, -0.15) is 0 Å². The first-order chi connectivity index (χ1) is 12.5. The summed E-state index contributed by atoms with van der Waals surface area (Å²) in [5.74, 6) is -0.242. The van der Waals surface area contributed by atoms with E-state index in [0.29, 0.717) is 30.2 Å². The van der Waals surface area contributed by atoms with E-state index < -0.39 is 22.4 Å². The molecule has 0 radical (unpaired) electrons. The van der Waals surface area contributed by atoms with E-state index in [4.69, 9.17) is 0 Å². The van der Waals surface area contributed by atoms with Crippen LogP contribution >= 0.6 is 0 Å². The normalized spacial score (nSPS) is 22.1. The Morgan fingerprint density at radius 1 is 1.31 bits per heavy atom. The van der Waals surface area contributed by atoms with Gasteiger partial charge in [0, 0.05) is 40.9 Å². The highest BCUT2D eigenvalue weighted by atomic mass is 32.2. The Bertz CT molecular complexity index is 639. The van der Waals surface area contributed by atoms with Crippen molar-refractivity contribution in [2.24, 2.45) is 4.99 Å². The summed E-state index contributed by atoms with van der Waals surface area (Å²) in [6.45, 7) is 5.04. The average Bonchev–Trinajstić information content (AvgIpc) is 2.65. The summed E-state index contributed by atoms with van der Waals surface area (Å²) in [4.78, 5) is 4.49. The molecule has 0 heterocycles. The lowest BCUT2D eigenvalue weighted by atomic mass is 9.95. The third-order valence-corrected chi connectivity index (χ3v) is 6.39. The highest BCUT2D eigenvalue weighted by Crippen LogP contribution is 2.23. The maximum atomic E-state index is 13.7. The van der Waals surface area contributed by atoms with Gasteiger partial charge in [0.1, 0.15) is 0 Å². The van der Waals surface area contributed by atoms with Crippen molar-refractivity contribution >= 4 is 16.8 Å². The monoisotopic (exact) mass is 385 g/mol. The first-order valence-electron chi connectivity index (χ1n) is 9.40. The van der Waals surface area contributed by atoms with Crippen molar-refractivity contribution in [3.05, 3.63) is 35.4 Å². The lowest BCUT2D eigenvalue weighted by Gasteiger charge is -2.30. The van der Waals surface area contributed by atoms with E-state index in [-0.39, 0.29) is 11.3 Å². The van der Waals surface area contributed by atoms with Crippen LogP contribution in [0.3, 0.4) is 0 Å². The van der Waals surface area contributed by atoms with E-state index >= 15 is 0 Å². The molecule has 3 unspecified atom stereocenters. The molecule has 1 saturated carbocycles. The first-order valence-corrected chi connectivity index (χ1v) is 10.8. The summed E-state index contributed by atoms with van der Waals surface area (Å²) in [6, 6.07) is 4.46. The molecule has 0 amide bonds. The molecule has 146 valence electrons. The Morgan fingerprint density at radius 2 is 2.12 bits per heavy atom. The molecule has 0 aromatic heterocycles. The third-order valence-electron chi connectivity index (χ3n) is 4.65. The van der Waals surface area contributed by atoms with Crippen LogP contribution in [0.4, 0.5) is 8.78 Å². The molecule has 2 rings (SSSR count). The van der Waals surface area contributed by atoms with Gasteiger partial charge in [0.25, 0.3) is 0 Å². The maximum absolute atomic E-state index is 13.7. The summed E-state index contributed by atoms with van der Waals surface area (Å²) >= 11 is 0.